The molecule has 0 spiro atoms. The highest BCUT2D eigenvalue weighted by Crippen LogP contribution is 2.38. The van der Waals surface area contributed by atoms with E-state index < -0.39 is 5.60 Å². The Hall–Kier alpha value is -2.17. The number of anilines is 1. The van der Waals surface area contributed by atoms with E-state index in [1.165, 1.54) is 0 Å². The molecule has 0 saturated carbocycles. The van der Waals surface area contributed by atoms with E-state index in [1.807, 2.05) is 31.6 Å². The summed E-state index contributed by atoms with van der Waals surface area (Å²) >= 11 is 5.29. The van der Waals surface area contributed by atoms with Crippen molar-refractivity contribution in [2.45, 2.75) is 70.7 Å². The van der Waals surface area contributed by atoms with Gasteiger partial charge in [-0.2, -0.15) is 5.10 Å². The second-order valence-electron chi connectivity index (χ2n) is 10.2. The number of carbonyl (C=O) groups excluding carboxylic acids is 1. The number of fused-ring (bicyclic) bond motifs is 1. The van der Waals surface area contributed by atoms with Gasteiger partial charge < -0.3 is 19.7 Å². The number of piperidine rings is 1. The van der Waals surface area contributed by atoms with Crippen molar-refractivity contribution in [3.05, 3.63) is 28.9 Å². The third-order valence-electron chi connectivity index (χ3n) is 6.31. The van der Waals surface area contributed by atoms with Crippen molar-refractivity contribution in [1.82, 2.24) is 20.1 Å². The van der Waals surface area contributed by atoms with E-state index >= 15 is 0 Å². The first-order valence-corrected chi connectivity index (χ1v) is 13.9. The van der Waals surface area contributed by atoms with Gasteiger partial charge in [0, 0.05) is 41.8 Å². The van der Waals surface area contributed by atoms with Gasteiger partial charge >= 0.3 is 6.09 Å². The number of halogens is 1. The number of alkyl carbamates (subject to hydrolysis) is 1. The fourth-order valence-corrected chi connectivity index (χ4v) is 5.97. The number of hydrogen-bond acceptors (Lipinski definition) is 7. The second kappa shape index (κ2) is 10.1. The summed E-state index contributed by atoms with van der Waals surface area (Å²) in [7, 11) is 0. The van der Waals surface area contributed by atoms with Gasteiger partial charge in [0.05, 0.1) is 10.4 Å². The van der Waals surface area contributed by atoms with Crippen LogP contribution >= 0.6 is 27.3 Å². The quantitative estimate of drug-likeness (QED) is 0.413. The number of amides is 1. The number of aromatic nitrogens is 3. The average molecular weight is 563 g/mol. The Morgan fingerprint density at radius 2 is 2.03 bits per heavy atom. The average Bonchev–Trinajstić information content (AvgIpc) is 3.44. The molecule has 10 heteroatoms. The van der Waals surface area contributed by atoms with Crippen molar-refractivity contribution >= 4 is 49.4 Å². The molecule has 1 unspecified atom stereocenters. The lowest BCUT2D eigenvalue weighted by Gasteiger charge is -2.32. The number of nitrogens with zero attached hydrogens (tertiary/aromatic N) is 4. The molecule has 2 aliphatic rings. The molecule has 2 fully saturated rings. The zero-order valence-corrected chi connectivity index (χ0v) is 22.8. The van der Waals surface area contributed by atoms with Crippen molar-refractivity contribution in [3.8, 4) is 10.6 Å². The van der Waals surface area contributed by atoms with Crippen LogP contribution in [-0.4, -0.2) is 52.2 Å². The molecule has 4 heterocycles. The summed E-state index contributed by atoms with van der Waals surface area (Å²) in [5.74, 6) is 0. The molecule has 2 aliphatic heterocycles. The summed E-state index contributed by atoms with van der Waals surface area (Å²) in [5, 5.41) is 10.1. The molecular weight excluding hydrogens is 530 g/mol. The molecule has 35 heavy (non-hydrogen) atoms. The molecule has 188 valence electrons. The van der Waals surface area contributed by atoms with Crippen LogP contribution in [-0.2, 0) is 9.47 Å². The molecule has 3 aromatic rings. The molecule has 5 rings (SSSR count). The molecule has 0 bridgehead atoms. The fraction of sp³-hybridized carbons (Fsp3) is 0.560. The van der Waals surface area contributed by atoms with Gasteiger partial charge in [-0.05, 0) is 71.1 Å². The lowest BCUT2D eigenvalue weighted by molar-refractivity contribution is -0.0365. The highest BCUT2D eigenvalue weighted by molar-refractivity contribution is 9.10. The maximum absolute atomic E-state index is 12.1. The first-order chi connectivity index (χ1) is 16.8. The van der Waals surface area contributed by atoms with Crippen molar-refractivity contribution in [1.29, 1.82) is 0 Å². The van der Waals surface area contributed by atoms with E-state index in [-0.39, 0.29) is 18.4 Å². The van der Waals surface area contributed by atoms with Gasteiger partial charge in [0.15, 0.2) is 11.4 Å². The molecule has 1 aromatic carbocycles. The Balaban J connectivity index is 1.31. The van der Waals surface area contributed by atoms with Gasteiger partial charge in [0.1, 0.15) is 11.3 Å². The number of ether oxygens (including phenoxy) is 2. The van der Waals surface area contributed by atoms with Crippen molar-refractivity contribution in [2.75, 3.05) is 24.6 Å². The number of rotatable bonds is 4. The molecule has 1 atom stereocenters. The normalized spacial score (nSPS) is 19.8. The van der Waals surface area contributed by atoms with Crippen molar-refractivity contribution < 1.29 is 14.3 Å². The first kappa shape index (κ1) is 24.5. The van der Waals surface area contributed by atoms with E-state index in [2.05, 4.69) is 44.3 Å². The monoisotopic (exact) mass is 561 g/mol. The molecular formula is C25H32BrN5O3S. The SMILES string of the molecule is CC(C)(C)OC(=O)NC1CCN(c2ncc(-c3nn(C4CCCCO4)c4ccc(Br)cc34)s2)CC1. The van der Waals surface area contributed by atoms with Gasteiger partial charge in [-0.3, -0.25) is 0 Å². The number of thiazole rings is 1. The van der Waals surface area contributed by atoms with Gasteiger partial charge in [0.25, 0.3) is 0 Å². The van der Waals surface area contributed by atoms with Gasteiger partial charge in [-0.1, -0.05) is 27.3 Å². The molecule has 0 aliphatic carbocycles. The number of hydrogen-bond donors (Lipinski definition) is 1. The lowest BCUT2D eigenvalue weighted by atomic mass is 10.1. The van der Waals surface area contributed by atoms with E-state index in [4.69, 9.17) is 19.6 Å². The largest absolute Gasteiger partial charge is 0.444 e. The molecule has 0 radical (unpaired) electrons. The van der Waals surface area contributed by atoms with Crippen LogP contribution in [0.15, 0.2) is 28.9 Å². The zero-order valence-electron chi connectivity index (χ0n) is 20.4. The van der Waals surface area contributed by atoms with Crippen LogP contribution in [0.2, 0.25) is 0 Å². The molecule has 2 aromatic heterocycles. The number of nitrogens with one attached hydrogen (secondary N) is 1. The molecule has 1 N–H and O–H groups in total. The van der Waals surface area contributed by atoms with Crippen LogP contribution in [0, 0.1) is 0 Å². The summed E-state index contributed by atoms with van der Waals surface area (Å²) < 4.78 is 14.5. The smallest absolute Gasteiger partial charge is 0.407 e. The number of carbonyl (C=O) groups is 1. The van der Waals surface area contributed by atoms with Crippen LogP contribution in [0.4, 0.5) is 9.93 Å². The summed E-state index contributed by atoms with van der Waals surface area (Å²) in [5.41, 5.74) is 1.54. The van der Waals surface area contributed by atoms with E-state index in [0.29, 0.717) is 0 Å². The third kappa shape index (κ3) is 5.65. The standard InChI is InChI=1S/C25H32BrN5O3S/c1-25(2,3)34-24(32)28-17-9-11-30(12-10-17)23-27-15-20(35-23)22-18-14-16(26)7-8-19(18)31(29-22)21-6-4-5-13-33-21/h7-8,14-15,17,21H,4-6,9-13H2,1-3H3,(H,28,32). The second-order valence-corrected chi connectivity index (χ2v) is 12.1. The van der Waals surface area contributed by atoms with E-state index in [1.54, 1.807) is 11.3 Å². The Bertz CT molecular complexity index is 1190. The van der Waals surface area contributed by atoms with Crippen LogP contribution in [0.1, 0.15) is 59.1 Å². The molecule has 8 nitrogen and oxygen atoms in total. The highest BCUT2D eigenvalue weighted by Gasteiger charge is 2.26. The zero-order chi connectivity index (χ0) is 24.6. The first-order valence-electron chi connectivity index (χ1n) is 12.3. The van der Waals surface area contributed by atoms with Crippen LogP contribution in [0.25, 0.3) is 21.5 Å². The minimum atomic E-state index is -0.488. The third-order valence-corrected chi connectivity index (χ3v) is 7.87. The van der Waals surface area contributed by atoms with Gasteiger partial charge in [-0.15, -0.1) is 0 Å². The lowest BCUT2D eigenvalue weighted by Crippen LogP contribution is -2.46. The summed E-state index contributed by atoms with van der Waals surface area (Å²) in [6, 6.07) is 6.41. The predicted molar refractivity (Wildman–Crippen MR) is 142 cm³/mol. The van der Waals surface area contributed by atoms with E-state index in [0.717, 1.165) is 82.9 Å². The van der Waals surface area contributed by atoms with Gasteiger partial charge in [-0.25, -0.2) is 14.5 Å². The van der Waals surface area contributed by atoms with Crippen LogP contribution < -0.4 is 10.2 Å². The van der Waals surface area contributed by atoms with Gasteiger partial charge in [0.2, 0.25) is 0 Å². The topological polar surface area (TPSA) is 81.5 Å². The number of benzene rings is 1. The van der Waals surface area contributed by atoms with E-state index in [9.17, 15) is 4.79 Å². The Labute approximate surface area is 218 Å². The maximum atomic E-state index is 12.1. The highest BCUT2D eigenvalue weighted by atomic mass is 79.9. The predicted octanol–water partition coefficient (Wildman–Crippen LogP) is 6.11. The maximum Gasteiger partial charge on any atom is 0.407 e. The summed E-state index contributed by atoms with van der Waals surface area (Å²) in [6.07, 6.45) is 6.52. The van der Waals surface area contributed by atoms with Crippen LogP contribution in [0.5, 0.6) is 0 Å². The minimum absolute atomic E-state index is 0.0231. The Morgan fingerprint density at radius 1 is 1.23 bits per heavy atom. The van der Waals surface area contributed by atoms with Crippen molar-refractivity contribution in [3.63, 3.8) is 0 Å². The Kier molecular flexibility index (Phi) is 7.05. The molecule has 2 saturated heterocycles. The molecule has 1 amide bonds. The summed E-state index contributed by atoms with van der Waals surface area (Å²) in [6.45, 7) is 8.09. The minimum Gasteiger partial charge on any atom is -0.444 e. The van der Waals surface area contributed by atoms with Crippen molar-refractivity contribution in [2.24, 2.45) is 0 Å². The summed E-state index contributed by atoms with van der Waals surface area (Å²) in [4.78, 5) is 20.2. The Morgan fingerprint density at radius 3 is 2.74 bits per heavy atom. The fourth-order valence-electron chi connectivity index (χ4n) is 4.64. The van der Waals surface area contributed by atoms with Crippen LogP contribution in [0.3, 0.4) is 0 Å².